The summed E-state index contributed by atoms with van der Waals surface area (Å²) in [5.41, 5.74) is 0.379. The molecular formula is C19H22N2O6. The predicted octanol–water partition coefficient (Wildman–Crippen LogP) is 3.30. The van der Waals surface area contributed by atoms with Crippen molar-refractivity contribution in [3.05, 3.63) is 58.1 Å². The molecule has 0 aliphatic heterocycles. The topological polar surface area (TPSA) is 91.1 Å². The second kappa shape index (κ2) is 9.42. The largest absolute Gasteiger partial charge is 0.494 e. The third kappa shape index (κ3) is 5.60. The first kappa shape index (κ1) is 20.0. The van der Waals surface area contributed by atoms with Crippen LogP contribution in [-0.2, 0) is 4.74 Å². The van der Waals surface area contributed by atoms with E-state index in [0.29, 0.717) is 18.0 Å². The molecule has 0 aliphatic rings. The highest BCUT2D eigenvalue weighted by atomic mass is 16.6. The van der Waals surface area contributed by atoms with Crippen molar-refractivity contribution >= 4 is 17.3 Å². The maximum Gasteiger partial charge on any atom is 0.338 e. The molecule has 144 valence electrons. The third-order valence-corrected chi connectivity index (χ3v) is 3.61. The van der Waals surface area contributed by atoms with Crippen LogP contribution in [0.25, 0.3) is 0 Å². The number of nitro benzene ring substituents is 1. The fourth-order valence-electron chi connectivity index (χ4n) is 2.35. The maximum absolute atomic E-state index is 12.1. The number of benzene rings is 2. The lowest BCUT2D eigenvalue weighted by atomic mass is 10.1. The lowest BCUT2D eigenvalue weighted by Gasteiger charge is -2.13. The highest BCUT2D eigenvalue weighted by Crippen LogP contribution is 2.28. The maximum atomic E-state index is 12.1. The summed E-state index contributed by atoms with van der Waals surface area (Å²) in [4.78, 5) is 24.4. The Balaban J connectivity index is 1.88. The van der Waals surface area contributed by atoms with Crippen LogP contribution in [-0.4, -0.2) is 44.8 Å². The molecule has 2 rings (SSSR count). The van der Waals surface area contributed by atoms with E-state index in [0.717, 1.165) is 5.75 Å². The molecule has 27 heavy (non-hydrogen) atoms. The predicted molar refractivity (Wildman–Crippen MR) is 101 cm³/mol. The van der Waals surface area contributed by atoms with E-state index in [9.17, 15) is 14.9 Å². The smallest absolute Gasteiger partial charge is 0.338 e. The summed E-state index contributed by atoms with van der Waals surface area (Å²) in [6, 6.07) is 11.3. The molecule has 0 unspecified atom stereocenters. The van der Waals surface area contributed by atoms with Crippen molar-refractivity contribution in [3.8, 4) is 11.5 Å². The van der Waals surface area contributed by atoms with Crippen LogP contribution >= 0.6 is 0 Å². The van der Waals surface area contributed by atoms with Gasteiger partial charge in [0.1, 0.15) is 30.4 Å². The van der Waals surface area contributed by atoms with Gasteiger partial charge in [0.15, 0.2) is 0 Å². The van der Waals surface area contributed by atoms with Gasteiger partial charge in [-0.15, -0.1) is 0 Å². The van der Waals surface area contributed by atoms with Gasteiger partial charge in [0, 0.05) is 20.2 Å². The van der Waals surface area contributed by atoms with Crippen LogP contribution in [0.3, 0.4) is 0 Å². The number of hydrogen-bond donors (Lipinski definition) is 0. The standard InChI is InChI=1S/C19H22N2O6/c1-4-25-15-6-8-16(9-7-15)26-11-12-27-19(22)14-5-10-17(20(2)3)18(13-14)21(23)24/h5-10,13H,4,11-12H2,1-3H3. The van der Waals surface area contributed by atoms with Gasteiger partial charge in [-0.25, -0.2) is 4.79 Å². The SMILES string of the molecule is CCOc1ccc(OCCOC(=O)c2ccc(N(C)C)c([N+](=O)[O-])c2)cc1. The monoisotopic (exact) mass is 374 g/mol. The van der Waals surface area contributed by atoms with Gasteiger partial charge < -0.3 is 19.1 Å². The lowest BCUT2D eigenvalue weighted by Crippen LogP contribution is -2.14. The minimum atomic E-state index is -0.640. The zero-order chi connectivity index (χ0) is 19.8. The molecule has 0 spiro atoms. The Morgan fingerprint density at radius 2 is 1.67 bits per heavy atom. The van der Waals surface area contributed by atoms with Gasteiger partial charge in [-0.1, -0.05) is 0 Å². The first-order valence-electron chi connectivity index (χ1n) is 8.41. The van der Waals surface area contributed by atoms with Crippen molar-refractivity contribution in [2.75, 3.05) is 38.8 Å². The van der Waals surface area contributed by atoms with E-state index in [2.05, 4.69) is 0 Å². The zero-order valence-corrected chi connectivity index (χ0v) is 15.5. The van der Waals surface area contributed by atoms with E-state index < -0.39 is 10.9 Å². The summed E-state index contributed by atoms with van der Waals surface area (Å²) in [6.45, 7) is 2.68. The molecule has 8 nitrogen and oxygen atoms in total. The molecule has 0 fully saturated rings. The Hall–Kier alpha value is -3.29. The second-order valence-electron chi connectivity index (χ2n) is 5.74. The van der Waals surface area contributed by atoms with Crippen LogP contribution in [0.5, 0.6) is 11.5 Å². The Labute approximate surface area is 157 Å². The van der Waals surface area contributed by atoms with E-state index in [1.54, 1.807) is 43.3 Å². The van der Waals surface area contributed by atoms with Crippen LogP contribution in [0.15, 0.2) is 42.5 Å². The number of nitro groups is 1. The van der Waals surface area contributed by atoms with E-state index >= 15 is 0 Å². The zero-order valence-electron chi connectivity index (χ0n) is 15.5. The van der Waals surface area contributed by atoms with Crippen LogP contribution in [0, 0.1) is 10.1 Å². The molecule has 0 bridgehead atoms. The molecule has 0 aromatic heterocycles. The summed E-state index contributed by atoms with van der Waals surface area (Å²) >= 11 is 0. The van der Waals surface area contributed by atoms with Crippen LogP contribution < -0.4 is 14.4 Å². The Morgan fingerprint density at radius 1 is 1.04 bits per heavy atom. The number of carbonyl (C=O) groups is 1. The average molecular weight is 374 g/mol. The number of carbonyl (C=O) groups excluding carboxylic acids is 1. The molecule has 2 aromatic rings. The highest BCUT2D eigenvalue weighted by Gasteiger charge is 2.19. The van der Waals surface area contributed by atoms with Gasteiger partial charge in [-0.05, 0) is 43.3 Å². The lowest BCUT2D eigenvalue weighted by molar-refractivity contribution is -0.384. The van der Waals surface area contributed by atoms with Gasteiger partial charge in [-0.3, -0.25) is 10.1 Å². The van der Waals surface area contributed by atoms with E-state index in [4.69, 9.17) is 14.2 Å². The Kier molecular flexibility index (Phi) is 6.99. The summed E-state index contributed by atoms with van der Waals surface area (Å²) in [5, 5.41) is 11.2. The number of nitrogens with zero attached hydrogens (tertiary/aromatic N) is 2. The molecule has 0 atom stereocenters. The van der Waals surface area contributed by atoms with Crippen molar-refractivity contribution in [1.82, 2.24) is 0 Å². The van der Waals surface area contributed by atoms with Crippen molar-refractivity contribution < 1.29 is 23.9 Å². The van der Waals surface area contributed by atoms with Crippen molar-refractivity contribution in [3.63, 3.8) is 0 Å². The van der Waals surface area contributed by atoms with Gasteiger partial charge in [0.2, 0.25) is 0 Å². The molecule has 8 heteroatoms. The van der Waals surface area contributed by atoms with Gasteiger partial charge in [-0.2, -0.15) is 0 Å². The third-order valence-electron chi connectivity index (χ3n) is 3.61. The fraction of sp³-hybridized carbons (Fsp3) is 0.316. The number of rotatable bonds is 9. The molecule has 2 aromatic carbocycles. The Morgan fingerprint density at radius 3 is 2.22 bits per heavy atom. The molecule has 0 N–H and O–H groups in total. The van der Waals surface area contributed by atoms with Crippen LogP contribution in [0.2, 0.25) is 0 Å². The second-order valence-corrected chi connectivity index (χ2v) is 5.74. The Bertz CT molecular complexity index is 789. The van der Waals surface area contributed by atoms with Crippen LogP contribution in [0.1, 0.15) is 17.3 Å². The van der Waals surface area contributed by atoms with Gasteiger partial charge >= 0.3 is 5.97 Å². The quantitative estimate of drug-likeness (QED) is 0.288. The molecular weight excluding hydrogens is 352 g/mol. The van der Waals surface area contributed by atoms with Crippen molar-refractivity contribution in [2.45, 2.75) is 6.92 Å². The van der Waals surface area contributed by atoms with Gasteiger partial charge in [0.25, 0.3) is 5.69 Å². The molecule has 0 saturated carbocycles. The molecule has 0 saturated heterocycles. The minimum absolute atomic E-state index is 0.0231. The van der Waals surface area contributed by atoms with Crippen molar-refractivity contribution in [2.24, 2.45) is 0 Å². The highest BCUT2D eigenvalue weighted by molar-refractivity contribution is 5.91. The van der Waals surface area contributed by atoms with Gasteiger partial charge in [0.05, 0.1) is 17.1 Å². The summed E-state index contributed by atoms with van der Waals surface area (Å²) < 4.78 is 16.0. The molecule has 0 amide bonds. The molecule has 0 heterocycles. The summed E-state index contributed by atoms with van der Waals surface area (Å²) in [6.07, 6.45) is 0. The van der Waals surface area contributed by atoms with Crippen LogP contribution in [0.4, 0.5) is 11.4 Å². The van der Waals surface area contributed by atoms with Crippen molar-refractivity contribution in [1.29, 1.82) is 0 Å². The number of esters is 1. The van der Waals surface area contributed by atoms with E-state index in [1.165, 1.54) is 18.2 Å². The normalized spacial score (nSPS) is 10.2. The minimum Gasteiger partial charge on any atom is -0.494 e. The summed E-state index contributed by atoms with van der Waals surface area (Å²) in [7, 11) is 3.39. The van der Waals surface area contributed by atoms with E-state index in [1.807, 2.05) is 6.92 Å². The molecule has 0 aliphatic carbocycles. The number of hydrogen-bond acceptors (Lipinski definition) is 7. The summed E-state index contributed by atoms with van der Waals surface area (Å²) in [5.74, 6) is 0.734. The average Bonchev–Trinajstić information content (AvgIpc) is 2.66. The fourth-order valence-corrected chi connectivity index (χ4v) is 2.35. The molecule has 0 radical (unpaired) electrons. The number of ether oxygens (including phenoxy) is 3. The van der Waals surface area contributed by atoms with E-state index in [-0.39, 0.29) is 24.5 Å². The number of anilines is 1. The first-order valence-corrected chi connectivity index (χ1v) is 8.41. The first-order chi connectivity index (χ1) is 12.9.